The molecule has 476 valence electrons. The van der Waals surface area contributed by atoms with E-state index in [9.17, 15) is 29.5 Å². The molecule has 2 amide bonds. The lowest BCUT2D eigenvalue weighted by atomic mass is 9.93. The number of aliphatic hydroxyl groups excluding tert-OH is 1. The molecule has 89 heavy (non-hydrogen) atoms. The minimum absolute atomic E-state index is 0.0759. The third-order valence-corrected chi connectivity index (χ3v) is 14.3. The van der Waals surface area contributed by atoms with Crippen LogP contribution in [0.4, 0.5) is 11.6 Å². The van der Waals surface area contributed by atoms with Crippen LogP contribution in [0.15, 0.2) is 79.4 Å². The summed E-state index contributed by atoms with van der Waals surface area (Å²) in [6, 6.07) is 11.3. The van der Waals surface area contributed by atoms with Crippen molar-refractivity contribution in [2.45, 2.75) is 64.8 Å². The number of ether oxygens (including phenoxy) is 9. The normalized spacial score (nSPS) is 14.2. The number of aliphatic hydroxyl groups is 1. The van der Waals surface area contributed by atoms with Gasteiger partial charge in [-0.3, -0.25) is 19.2 Å². The fourth-order valence-corrected chi connectivity index (χ4v) is 9.72. The van der Waals surface area contributed by atoms with Gasteiger partial charge in [0.2, 0.25) is 5.82 Å². The number of Topliss-reactive ketones (excluding diaryl/α,β-unsaturated/α-hetero) is 2. The molecule has 0 bridgehead atoms. The summed E-state index contributed by atoms with van der Waals surface area (Å²) in [5.74, 6) is -0.657. The van der Waals surface area contributed by atoms with E-state index in [2.05, 4.69) is 63.6 Å². The monoisotopic (exact) mass is 1230 g/mol. The van der Waals surface area contributed by atoms with Crippen LogP contribution in [0.2, 0.25) is 0 Å². The van der Waals surface area contributed by atoms with Gasteiger partial charge in [0.15, 0.2) is 5.82 Å². The number of nitrogens with one attached hydrogen (secondary N) is 3. The lowest BCUT2D eigenvalue weighted by Gasteiger charge is -2.28. The van der Waals surface area contributed by atoms with Gasteiger partial charge in [0.1, 0.15) is 41.5 Å². The number of nitriles is 1. The highest BCUT2D eigenvalue weighted by Crippen LogP contribution is 2.34. The number of hydrogen-bond donors (Lipinski definition) is 4. The molecule has 1 aromatic carbocycles. The van der Waals surface area contributed by atoms with Crippen LogP contribution >= 0.6 is 0 Å². The highest BCUT2D eigenvalue weighted by atomic mass is 16.6. The molecule has 5 aromatic heterocycles. The Kier molecular flexibility index (Phi) is 26.6. The molecule has 29 heteroatoms. The number of methoxy groups -OCH3 is 1. The lowest BCUT2D eigenvalue weighted by molar-refractivity contribution is -0.126. The number of benzene rings is 1. The molecule has 4 N–H and O–H groups in total. The summed E-state index contributed by atoms with van der Waals surface area (Å²) in [6.45, 7) is 14.0. The Bertz CT molecular complexity index is 3340. The zero-order valence-corrected chi connectivity index (χ0v) is 50.3. The van der Waals surface area contributed by atoms with Crippen LogP contribution in [-0.2, 0) is 67.2 Å². The number of rotatable bonds is 40. The van der Waals surface area contributed by atoms with Crippen molar-refractivity contribution in [3.63, 3.8) is 0 Å². The van der Waals surface area contributed by atoms with Gasteiger partial charge >= 0.3 is 0 Å². The minimum Gasteiger partial charge on any atom is -0.494 e. The summed E-state index contributed by atoms with van der Waals surface area (Å²) in [7, 11) is 1.43. The lowest BCUT2D eigenvalue weighted by Crippen LogP contribution is -2.40. The second-order valence-corrected chi connectivity index (χ2v) is 20.3. The molecule has 7 heterocycles. The number of aromatic amines is 1. The largest absolute Gasteiger partial charge is 0.494 e. The predicted octanol–water partition coefficient (Wildman–Crippen LogP) is 3.44. The van der Waals surface area contributed by atoms with E-state index in [4.69, 9.17) is 42.6 Å². The van der Waals surface area contributed by atoms with Crippen molar-refractivity contribution >= 4 is 51.5 Å². The number of H-pyrrole nitrogens is 1. The maximum atomic E-state index is 13.9. The van der Waals surface area contributed by atoms with Crippen LogP contribution in [-0.4, -0.2) is 222 Å². The van der Waals surface area contributed by atoms with E-state index in [1.807, 2.05) is 48.4 Å². The molecule has 29 nitrogen and oxygen atoms in total. The van der Waals surface area contributed by atoms with Crippen LogP contribution in [0.1, 0.15) is 76.8 Å². The Morgan fingerprint density at radius 3 is 2.15 bits per heavy atom. The molecule has 2 aliphatic rings. The van der Waals surface area contributed by atoms with E-state index < -0.39 is 23.6 Å². The first-order chi connectivity index (χ1) is 43.6. The molecule has 2 fully saturated rings. The highest BCUT2D eigenvalue weighted by Gasteiger charge is 2.33. The highest BCUT2D eigenvalue weighted by molar-refractivity contribution is 6.45. The second kappa shape index (κ2) is 35.5. The molecule has 0 aliphatic carbocycles. The Morgan fingerprint density at radius 1 is 0.820 bits per heavy atom. The summed E-state index contributed by atoms with van der Waals surface area (Å²) in [6.07, 6.45) is 9.60. The maximum Gasteiger partial charge on any atom is 0.295 e. The van der Waals surface area contributed by atoms with Crippen LogP contribution < -0.4 is 20.3 Å². The van der Waals surface area contributed by atoms with Gasteiger partial charge in [-0.2, -0.15) is 9.94 Å². The number of carbonyl (C=O) groups is 4. The number of likely N-dealkylation sites (tertiary alicyclic amines) is 1. The van der Waals surface area contributed by atoms with Gasteiger partial charge in [-0.1, -0.05) is 49.0 Å². The van der Waals surface area contributed by atoms with Crippen LogP contribution in [0.3, 0.4) is 0 Å². The van der Waals surface area contributed by atoms with E-state index in [1.54, 1.807) is 4.68 Å². The standard InChI is InChI=1S/C60H77N15O14/c1-4-47(77)12-17-82-20-23-85-26-27-87-25-22-84-19-16-73-36-46(69-71-73)39-89-31-30-88-29-28-86-24-21-83-18-13-62-55-50(38-76)57(66-40-65-55)74-37-45(32-42(74)2)68-59(79)56-67-41-75(70-56)58-53-52(51(81-3)35-64-58)49(34-63-53)54(78)60(80)72-14-10-44(11-15-72)48(33-61)43-8-6-5-7-9-43/h5-9,34-36,40-41,45,63,76H,2,4,10-32,37-39H2,1,3H3,(H,68,79)(H,62,65,66)/t45-/m0/s1. The molecular formula is C60H77N15O14. The number of carbonyl (C=O) groups excluding carboxylic acids is 4. The van der Waals surface area contributed by atoms with E-state index in [0.717, 1.165) is 11.1 Å². The summed E-state index contributed by atoms with van der Waals surface area (Å²) in [4.78, 5) is 76.4. The van der Waals surface area contributed by atoms with E-state index in [-0.39, 0.29) is 55.0 Å². The Hall–Kier alpha value is -8.44. The summed E-state index contributed by atoms with van der Waals surface area (Å²) in [5.41, 5.74) is 4.54. The van der Waals surface area contributed by atoms with E-state index in [0.29, 0.717) is 196 Å². The van der Waals surface area contributed by atoms with Crippen molar-refractivity contribution in [2.75, 3.05) is 143 Å². The molecule has 0 saturated carbocycles. The first-order valence-corrected chi connectivity index (χ1v) is 29.5. The summed E-state index contributed by atoms with van der Waals surface area (Å²) in [5, 5.41) is 39.6. The molecule has 1 atom stereocenters. The summed E-state index contributed by atoms with van der Waals surface area (Å²) >= 11 is 0. The number of amides is 2. The van der Waals surface area contributed by atoms with Crippen molar-refractivity contribution in [3.05, 3.63) is 108 Å². The molecule has 0 radical (unpaired) electrons. The van der Waals surface area contributed by atoms with E-state index in [1.165, 1.54) is 41.7 Å². The number of aromatic nitrogens is 10. The third kappa shape index (κ3) is 19.3. The van der Waals surface area contributed by atoms with E-state index >= 15 is 0 Å². The molecular weight excluding hydrogens is 1150 g/mol. The van der Waals surface area contributed by atoms with Gasteiger partial charge in [-0.15, -0.1) is 10.2 Å². The topological polar surface area (TPSA) is 342 Å². The quantitative estimate of drug-likeness (QED) is 0.0185. The predicted molar refractivity (Wildman–Crippen MR) is 321 cm³/mol. The van der Waals surface area contributed by atoms with Crippen molar-refractivity contribution < 1.29 is 66.9 Å². The smallest absolute Gasteiger partial charge is 0.295 e. The van der Waals surface area contributed by atoms with Gasteiger partial charge < -0.3 is 73.2 Å². The van der Waals surface area contributed by atoms with Crippen LogP contribution in [0.5, 0.6) is 5.75 Å². The zero-order chi connectivity index (χ0) is 62.6. The van der Waals surface area contributed by atoms with Gasteiger partial charge in [0.25, 0.3) is 17.6 Å². The van der Waals surface area contributed by atoms with Gasteiger partial charge in [0, 0.05) is 57.3 Å². The minimum atomic E-state index is -0.746. The molecule has 6 aromatic rings. The number of ketones is 2. The number of allylic oxidation sites excluding steroid dienone is 1. The van der Waals surface area contributed by atoms with Gasteiger partial charge in [0.05, 0.1) is 178 Å². The summed E-state index contributed by atoms with van der Waals surface area (Å²) < 4.78 is 53.2. The van der Waals surface area contributed by atoms with Crippen molar-refractivity contribution in [1.82, 2.24) is 59.9 Å². The molecule has 8 rings (SSSR count). The first-order valence-electron chi connectivity index (χ1n) is 29.5. The maximum absolute atomic E-state index is 13.9. The van der Waals surface area contributed by atoms with Crippen molar-refractivity contribution in [1.29, 1.82) is 5.26 Å². The first kappa shape index (κ1) is 66.5. The molecule has 0 unspecified atom stereocenters. The number of anilines is 2. The third-order valence-electron chi connectivity index (χ3n) is 14.3. The molecule has 0 spiro atoms. The number of hydrogen-bond acceptors (Lipinski definition) is 24. The van der Waals surface area contributed by atoms with Gasteiger partial charge in [-0.25, -0.2) is 24.6 Å². The average Bonchev–Trinajstić information content (AvgIpc) is 1.69. The number of fused-ring (bicyclic) bond motifs is 1. The fourth-order valence-electron chi connectivity index (χ4n) is 9.72. The molecule has 2 saturated heterocycles. The molecule has 2 aliphatic heterocycles. The SMILES string of the molecule is C=C1C[C@H](NC(=O)c2ncn(-c3ncc(OC)c4c(C(=O)C(=O)N5CCC(=C(C#N)c6ccccc6)CC5)c[nH]c34)n2)CN1c1ncnc(NCCOCCOCCOCCOCc2cn(CCOCCOCCOCCOCCC(=O)CC)nn2)c1CO. The average molecular weight is 1230 g/mol. The fraction of sp³-hybridized carbons (Fsp3) is 0.500. The Labute approximate surface area is 514 Å². The second-order valence-electron chi connectivity index (χ2n) is 20.3. The van der Waals surface area contributed by atoms with Gasteiger partial charge in [-0.05, 0) is 24.0 Å². The zero-order valence-electron chi connectivity index (χ0n) is 50.3. The number of piperidine rings is 1. The van der Waals surface area contributed by atoms with Crippen molar-refractivity contribution in [2.24, 2.45) is 0 Å². The van der Waals surface area contributed by atoms with Crippen LogP contribution in [0.25, 0.3) is 22.3 Å². The number of nitrogens with zero attached hydrogens (tertiary/aromatic N) is 12. The Balaban J connectivity index is 0.677. The Morgan fingerprint density at radius 2 is 1.48 bits per heavy atom. The van der Waals surface area contributed by atoms with Crippen molar-refractivity contribution in [3.8, 4) is 17.6 Å². The number of pyridine rings is 1. The van der Waals surface area contributed by atoms with Crippen LogP contribution in [0, 0.1) is 11.3 Å².